The van der Waals surface area contributed by atoms with Gasteiger partial charge in [-0.15, -0.1) is 0 Å². The largest absolute Gasteiger partial charge is 0.354 e. The number of hydrogen-bond donors (Lipinski definition) is 3. The SMILES string of the molecule is CC(=O)NCC(=O)N(C)c1ccc(NC(=C2C(=O)Nc3cc(Cl)ccc32)c2ccccc2)cc1. The molecule has 1 heterocycles. The van der Waals surface area contributed by atoms with Gasteiger partial charge in [0.05, 0.1) is 23.5 Å². The van der Waals surface area contributed by atoms with Gasteiger partial charge in [-0.05, 0) is 42.0 Å². The lowest BCUT2D eigenvalue weighted by Crippen LogP contribution is -2.37. The molecule has 1 aliphatic rings. The summed E-state index contributed by atoms with van der Waals surface area (Å²) < 4.78 is 0. The van der Waals surface area contributed by atoms with Gasteiger partial charge >= 0.3 is 0 Å². The Morgan fingerprint density at radius 3 is 2.38 bits per heavy atom. The number of carbonyl (C=O) groups is 3. The van der Waals surface area contributed by atoms with Crippen LogP contribution in [-0.2, 0) is 14.4 Å². The topological polar surface area (TPSA) is 90.5 Å². The number of carbonyl (C=O) groups excluding carboxylic acids is 3. The molecule has 3 N–H and O–H groups in total. The first-order valence-electron chi connectivity index (χ1n) is 10.6. The van der Waals surface area contributed by atoms with E-state index < -0.39 is 0 Å². The van der Waals surface area contributed by atoms with Crippen molar-refractivity contribution in [1.29, 1.82) is 0 Å². The van der Waals surface area contributed by atoms with E-state index in [1.54, 1.807) is 31.3 Å². The van der Waals surface area contributed by atoms with Crippen LogP contribution < -0.4 is 20.9 Å². The third-order valence-corrected chi connectivity index (χ3v) is 5.66. The maximum absolute atomic E-state index is 12.9. The zero-order chi connectivity index (χ0) is 24.2. The molecular weight excluding hydrogens is 452 g/mol. The Balaban J connectivity index is 1.66. The van der Waals surface area contributed by atoms with Crippen LogP contribution in [0, 0.1) is 0 Å². The van der Waals surface area contributed by atoms with Crippen molar-refractivity contribution in [3.05, 3.63) is 88.9 Å². The van der Waals surface area contributed by atoms with Gasteiger partial charge in [0.2, 0.25) is 11.8 Å². The summed E-state index contributed by atoms with van der Waals surface area (Å²) >= 11 is 6.11. The second-order valence-electron chi connectivity index (χ2n) is 7.79. The molecule has 3 aromatic rings. The quantitative estimate of drug-likeness (QED) is 0.463. The standard InChI is InChI=1S/C26H23ClN4O3/c1-16(32)28-15-23(33)31(2)20-11-9-19(10-12-20)29-25(17-6-4-3-5-7-17)24-21-13-8-18(27)14-22(21)30-26(24)34/h3-14,29H,15H2,1-2H3,(H,28,32)(H,30,34). The summed E-state index contributed by atoms with van der Waals surface area (Å²) in [5, 5.41) is 9.32. The van der Waals surface area contributed by atoms with Crippen molar-refractivity contribution in [1.82, 2.24) is 5.32 Å². The first-order chi connectivity index (χ1) is 16.3. The normalized spacial score (nSPS) is 13.6. The third kappa shape index (κ3) is 4.94. The Kier molecular flexibility index (Phi) is 6.65. The summed E-state index contributed by atoms with van der Waals surface area (Å²) in [5.74, 6) is -0.716. The monoisotopic (exact) mass is 474 g/mol. The summed E-state index contributed by atoms with van der Waals surface area (Å²) in [5.41, 5.74) is 4.87. The van der Waals surface area contributed by atoms with Crippen molar-refractivity contribution < 1.29 is 14.4 Å². The summed E-state index contributed by atoms with van der Waals surface area (Å²) in [6.07, 6.45) is 0. The van der Waals surface area contributed by atoms with Crippen LogP contribution in [0.1, 0.15) is 18.1 Å². The second-order valence-corrected chi connectivity index (χ2v) is 8.23. The summed E-state index contributed by atoms with van der Waals surface area (Å²) in [6, 6.07) is 22.2. The van der Waals surface area contributed by atoms with Gasteiger partial charge in [0.25, 0.3) is 5.91 Å². The van der Waals surface area contributed by atoms with E-state index in [2.05, 4.69) is 16.0 Å². The molecule has 0 aliphatic carbocycles. The maximum atomic E-state index is 12.9. The number of nitrogens with zero attached hydrogens (tertiary/aromatic N) is 1. The van der Waals surface area contributed by atoms with E-state index in [0.717, 1.165) is 16.8 Å². The highest BCUT2D eigenvalue weighted by atomic mass is 35.5. The highest BCUT2D eigenvalue weighted by Gasteiger charge is 2.28. The molecule has 172 valence electrons. The minimum absolute atomic E-state index is 0.0748. The molecule has 0 fully saturated rings. The summed E-state index contributed by atoms with van der Waals surface area (Å²) in [4.78, 5) is 37.8. The summed E-state index contributed by atoms with van der Waals surface area (Å²) in [6.45, 7) is 1.29. The zero-order valence-electron chi connectivity index (χ0n) is 18.7. The van der Waals surface area contributed by atoms with E-state index >= 15 is 0 Å². The smallest absolute Gasteiger partial charge is 0.258 e. The first-order valence-corrected chi connectivity index (χ1v) is 11.0. The fourth-order valence-corrected chi connectivity index (χ4v) is 3.82. The van der Waals surface area contributed by atoms with E-state index in [0.29, 0.717) is 27.7 Å². The fourth-order valence-electron chi connectivity index (χ4n) is 3.65. The molecule has 0 saturated carbocycles. The van der Waals surface area contributed by atoms with Crippen LogP contribution in [-0.4, -0.2) is 31.3 Å². The van der Waals surface area contributed by atoms with Crippen molar-refractivity contribution in [2.75, 3.05) is 29.1 Å². The Morgan fingerprint density at radius 1 is 1.00 bits per heavy atom. The highest BCUT2D eigenvalue weighted by Crippen LogP contribution is 2.38. The minimum atomic E-state index is -0.262. The van der Waals surface area contributed by atoms with Crippen LogP contribution in [0.15, 0.2) is 72.8 Å². The molecular formula is C26H23ClN4O3. The Hall–Kier alpha value is -4.10. The molecule has 0 radical (unpaired) electrons. The number of amides is 3. The highest BCUT2D eigenvalue weighted by molar-refractivity contribution is 6.38. The van der Waals surface area contributed by atoms with Crippen LogP contribution in [0.2, 0.25) is 5.02 Å². The molecule has 3 amide bonds. The molecule has 3 aromatic carbocycles. The van der Waals surface area contributed by atoms with Crippen molar-refractivity contribution >= 4 is 57.7 Å². The lowest BCUT2D eigenvalue weighted by atomic mass is 10.00. The van der Waals surface area contributed by atoms with Gasteiger partial charge in [0.15, 0.2) is 0 Å². The van der Waals surface area contributed by atoms with Gasteiger partial charge in [-0.2, -0.15) is 0 Å². The van der Waals surface area contributed by atoms with Gasteiger partial charge in [0.1, 0.15) is 0 Å². The fraction of sp³-hybridized carbons (Fsp3) is 0.115. The van der Waals surface area contributed by atoms with E-state index in [-0.39, 0.29) is 24.3 Å². The van der Waals surface area contributed by atoms with Crippen molar-refractivity contribution in [2.24, 2.45) is 0 Å². The predicted molar refractivity (Wildman–Crippen MR) is 135 cm³/mol. The van der Waals surface area contributed by atoms with Gasteiger partial charge in [-0.1, -0.05) is 48.0 Å². The van der Waals surface area contributed by atoms with Crippen molar-refractivity contribution in [3.63, 3.8) is 0 Å². The van der Waals surface area contributed by atoms with E-state index in [9.17, 15) is 14.4 Å². The van der Waals surface area contributed by atoms with E-state index in [1.165, 1.54) is 11.8 Å². The number of fused-ring (bicyclic) bond motifs is 1. The Morgan fingerprint density at radius 2 is 1.71 bits per heavy atom. The van der Waals surface area contributed by atoms with Crippen LogP contribution in [0.4, 0.5) is 17.1 Å². The molecule has 0 aromatic heterocycles. The third-order valence-electron chi connectivity index (χ3n) is 5.43. The minimum Gasteiger partial charge on any atom is -0.354 e. The van der Waals surface area contributed by atoms with Crippen molar-refractivity contribution in [3.8, 4) is 0 Å². The Labute approximate surface area is 202 Å². The number of anilines is 3. The zero-order valence-corrected chi connectivity index (χ0v) is 19.4. The van der Waals surface area contributed by atoms with Crippen LogP contribution >= 0.6 is 11.6 Å². The number of likely N-dealkylation sites (N-methyl/N-ethyl adjacent to an activating group) is 1. The van der Waals surface area contributed by atoms with E-state index in [1.807, 2.05) is 48.5 Å². The van der Waals surface area contributed by atoms with E-state index in [4.69, 9.17) is 11.6 Å². The molecule has 4 rings (SSSR count). The average Bonchev–Trinajstić information content (AvgIpc) is 3.15. The van der Waals surface area contributed by atoms with Gasteiger partial charge in [-0.25, -0.2) is 0 Å². The molecule has 0 spiro atoms. The predicted octanol–water partition coefficient (Wildman–Crippen LogP) is 4.37. The van der Waals surface area contributed by atoms with Gasteiger partial charge in [0, 0.05) is 35.9 Å². The van der Waals surface area contributed by atoms with Gasteiger partial charge in [-0.3, -0.25) is 14.4 Å². The molecule has 0 atom stereocenters. The number of hydrogen-bond acceptors (Lipinski definition) is 4. The van der Waals surface area contributed by atoms with Crippen LogP contribution in [0.3, 0.4) is 0 Å². The molecule has 1 aliphatic heterocycles. The number of benzene rings is 3. The molecule has 8 heteroatoms. The van der Waals surface area contributed by atoms with Crippen molar-refractivity contribution in [2.45, 2.75) is 6.92 Å². The lowest BCUT2D eigenvalue weighted by molar-refractivity contribution is -0.123. The van der Waals surface area contributed by atoms with Gasteiger partial charge < -0.3 is 20.9 Å². The van der Waals surface area contributed by atoms with Crippen LogP contribution in [0.5, 0.6) is 0 Å². The molecule has 34 heavy (non-hydrogen) atoms. The molecule has 0 saturated heterocycles. The Bertz CT molecular complexity index is 1290. The number of rotatable bonds is 6. The second kappa shape index (κ2) is 9.80. The molecule has 0 bridgehead atoms. The number of nitrogens with one attached hydrogen (secondary N) is 3. The lowest BCUT2D eigenvalue weighted by Gasteiger charge is -2.19. The maximum Gasteiger partial charge on any atom is 0.258 e. The average molecular weight is 475 g/mol. The van der Waals surface area contributed by atoms with Crippen LogP contribution in [0.25, 0.3) is 11.3 Å². The molecule has 7 nitrogen and oxygen atoms in total. The summed E-state index contributed by atoms with van der Waals surface area (Å²) in [7, 11) is 1.65. The molecule has 0 unspecified atom stereocenters. The number of halogens is 1. The first kappa shape index (κ1) is 23.1.